The molecule has 7 nitrogen and oxygen atoms in total. The number of anilines is 1. The molecule has 0 bridgehead atoms. The molecule has 2 fully saturated rings. The van der Waals surface area contributed by atoms with E-state index in [0.29, 0.717) is 19.1 Å². The van der Waals surface area contributed by atoms with Crippen molar-refractivity contribution in [3.8, 4) is 17.3 Å². The van der Waals surface area contributed by atoms with E-state index in [1.807, 2.05) is 6.92 Å². The molecule has 4 heterocycles. The number of nitrogens with zero attached hydrogens (tertiary/aromatic N) is 4. The van der Waals surface area contributed by atoms with E-state index in [1.165, 1.54) is 17.2 Å². The molecule has 12 heteroatoms. The summed E-state index contributed by atoms with van der Waals surface area (Å²) in [4.78, 5) is 9.50. The van der Waals surface area contributed by atoms with Gasteiger partial charge in [-0.1, -0.05) is 5.16 Å². The largest absolute Gasteiger partial charge is 0.482 e. The number of hydrogen-bond donors (Lipinski definition) is 0. The molecule has 0 N–H and O–H groups in total. The van der Waals surface area contributed by atoms with Gasteiger partial charge in [-0.15, -0.1) is 0 Å². The van der Waals surface area contributed by atoms with Gasteiger partial charge in [-0.05, 0) is 6.92 Å². The van der Waals surface area contributed by atoms with E-state index in [2.05, 4.69) is 15.1 Å². The van der Waals surface area contributed by atoms with Crippen LogP contribution in [0.4, 0.5) is 27.6 Å². The first-order valence-corrected chi connectivity index (χ1v) is 8.29. The molecule has 152 valence electrons. The van der Waals surface area contributed by atoms with Gasteiger partial charge in [-0.25, -0.2) is 8.78 Å². The number of halogens is 5. The minimum Gasteiger partial charge on any atom is -0.482 e. The van der Waals surface area contributed by atoms with E-state index in [4.69, 9.17) is 14.0 Å². The highest BCUT2D eigenvalue weighted by Gasteiger charge is 2.45. The Kier molecular flexibility index (Phi) is 4.21. The molecule has 2 aromatic rings. The zero-order valence-corrected chi connectivity index (χ0v) is 14.6. The number of ether oxygens (including phenoxy) is 2. The zero-order valence-electron chi connectivity index (χ0n) is 14.6. The lowest BCUT2D eigenvalue weighted by Crippen LogP contribution is -2.56. The van der Waals surface area contributed by atoms with E-state index < -0.39 is 37.2 Å². The first-order valence-electron chi connectivity index (χ1n) is 8.29. The summed E-state index contributed by atoms with van der Waals surface area (Å²) < 4.78 is 79.2. The second-order valence-electron chi connectivity index (χ2n) is 7.13. The van der Waals surface area contributed by atoms with Crippen LogP contribution < -0.4 is 9.64 Å². The number of aromatic nitrogens is 3. The van der Waals surface area contributed by atoms with Gasteiger partial charge < -0.3 is 18.9 Å². The molecular formula is C16H15F5N4O3. The Morgan fingerprint density at radius 2 is 1.96 bits per heavy atom. The number of pyridine rings is 1. The van der Waals surface area contributed by atoms with Gasteiger partial charge in [0.2, 0.25) is 11.7 Å². The summed E-state index contributed by atoms with van der Waals surface area (Å²) in [6.45, 7) is -0.136. The van der Waals surface area contributed by atoms with Crippen LogP contribution in [0.3, 0.4) is 0 Å². The fourth-order valence-electron chi connectivity index (χ4n) is 2.85. The van der Waals surface area contributed by atoms with Crippen molar-refractivity contribution in [1.29, 1.82) is 0 Å². The minimum absolute atomic E-state index is 0.0435. The van der Waals surface area contributed by atoms with Crippen LogP contribution in [-0.2, 0) is 10.2 Å². The molecule has 4 rings (SSSR count). The van der Waals surface area contributed by atoms with E-state index in [0.717, 1.165) is 0 Å². The Labute approximate surface area is 155 Å². The van der Waals surface area contributed by atoms with E-state index >= 15 is 0 Å². The molecule has 2 aliphatic heterocycles. The van der Waals surface area contributed by atoms with Crippen LogP contribution in [0, 0.1) is 0 Å². The molecule has 2 aromatic heterocycles. The Morgan fingerprint density at radius 3 is 2.54 bits per heavy atom. The van der Waals surface area contributed by atoms with Crippen LogP contribution in [0.1, 0.15) is 12.8 Å². The summed E-state index contributed by atoms with van der Waals surface area (Å²) in [5.74, 6) is -2.76. The Balaban J connectivity index is 1.62. The SMILES string of the molecule is CC1(c2nc(-c3cc(OCC(F)(F)F)c(N4CC(F)(F)C4)cn3)no2)COC1. The van der Waals surface area contributed by atoms with Crippen LogP contribution in [0.5, 0.6) is 5.75 Å². The van der Waals surface area contributed by atoms with E-state index in [-0.39, 0.29) is 23.0 Å². The molecule has 0 radical (unpaired) electrons. The summed E-state index contributed by atoms with van der Waals surface area (Å²) >= 11 is 0. The highest BCUT2D eigenvalue weighted by Crippen LogP contribution is 2.39. The summed E-state index contributed by atoms with van der Waals surface area (Å²) in [7, 11) is 0. The molecule has 0 atom stereocenters. The average molecular weight is 406 g/mol. The zero-order chi connectivity index (χ0) is 20.2. The quantitative estimate of drug-likeness (QED) is 0.707. The van der Waals surface area contributed by atoms with Gasteiger partial charge in [-0.3, -0.25) is 4.98 Å². The van der Waals surface area contributed by atoms with Crippen molar-refractivity contribution in [3.63, 3.8) is 0 Å². The molecule has 0 amide bonds. The van der Waals surface area contributed by atoms with Crippen molar-refractivity contribution in [3.05, 3.63) is 18.2 Å². The Morgan fingerprint density at radius 1 is 1.25 bits per heavy atom. The molecule has 2 aliphatic rings. The first kappa shape index (κ1) is 18.8. The van der Waals surface area contributed by atoms with Crippen molar-refractivity contribution in [2.75, 3.05) is 37.8 Å². The fraction of sp³-hybridized carbons (Fsp3) is 0.562. The van der Waals surface area contributed by atoms with Crippen molar-refractivity contribution < 1.29 is 35.9 Å². The van der Waals surface area contributed by atoms with Gasteiger partial charge in [0.1, 0.15) is 11.4 Å². The molecule has 0 spiro atoms. The lowest BCUT2D eigenvalue weighted by molar-refractivity contribution is -0.153. The van der Waals surface area contributed by atoms with Gasteiger partial charge in [0, 0.05) is 6.07 Å². The third kappa shape index (κ3) is 3.60. The lowest BCUT2D eigenvalue weighted by Gasteiger charge is -2.40. The monoisotopic (exact) mass is 406 g/mol. The third-order valence-electron chi connectivity index (χ3n) is 4.44. The molecule has 0 aromatic carbocycles. The maximum Gasteiger partial charge on any atom is 0.422 e. The third-order valence-corrected chi connectivity index (χ3v) is 4.44. The van der Waals surface area contributed by atoms with Crippen molar-refractivity contribution in [1.82, 2.24) is 15.1 Å². The van der Waals surface area contributed by atoms with Crippen molar-refractivity contribution in [2.45, 2.75) is 24.4 Å². The molecule has 0 unspecified atom stereocenters. The summed E-state index contributed by atoms with van der Waals surface area (Å²) in [6, 6.07) is 1.19. The number of rotatable bonds is 5. The Bertz CT molecular complexity index is 873. The fourth-order valence-corrected chi connectivity index (χ4v) is 2.85. The maximum atomic E-state index is 13.2. The van der Waals surface area contributed by atoms with Crippen LogP contribution in [0.15, 0.2) is 16.8 Å². The minimum atomic E-state index is -4.59. The Hall–Kier alpha value is -2.50. The highest BCUT2D eigenvalue weighted by atomic mass is 19.4. The standard InChI is InChI=1S/C16H15F5N4O3/c1-14(6-26-7-14)13-23-12(24-28-13)9-2-11(27-8-16(19,20)21)10(3-22-9)25-4-15(17,18)5-25/h2-3H,4-8H2,1H3. The van der Waals surface area contributed by atoms with Gasteiger partial charge in [-0.2, -0.15) is 18.2 Å². The van der Waals surface area contributed by atoms with E-state index in [9.17, 15) is 22.0 Å². The normalized spacial score (nSPS) is 20.4. The van der Waals surface area contributed by atoms with Gasteiger partial charge in [0.05, 0.1) is 43.6 Å². The second kappa shape index (κ2) is 6.26. The maximum absolute atomic E-state index is 13.2. The average Bonchev–Trinajstić information content (AvgIpc) is 3.05. The molecule has 2 saturated heterocycles. The summed E-state index contributed by atoms with van der Waals surface area (Å²) in [5, 5.41) is 3.80. The van der Waals surface area contributed by atoms with Crippen molar-refractivity contribution >= 4 is 5.69 Å². The smallest absolute Gasteiger partial charge is 0.422 e. The van der Waals surface area contributed by atoms with Crippen molar-refractivity contribution in [2.24, 2.45) is 0 Å². The summed E-state index contributed by atoms with van der Waals surface area (Å²) in [6.07, 6.45) is -3.42. The highest BCUT2D eigenvalue weighted by molar-refractivity contribution is 5.65. The summed E-state index contributed by atoms with van der Waals surface area (Å²) in [5.41, 5.74) is -0.279. The lowest BCUT2D eigenvalue weighted by atomic mass is 9.89. The van der Waals surface area contributed by atoms with E-state index in [1.54, 1.807) is 0 Å². The molecule has 0 aliphatic carbocycles. The predicted octanol–water partition coefficient (Wildman–Crippen LogP) is 2.82. The number of hydrogen-bond acceptors (Lipinski definition) is 7. The van der Waals surface area contributed by atoms with Crippen LogP contribution in [0.2, 0.25) is 0 Å². The number of alkyl halides is 5. The molecule has 0 saturated carbocycles. The van der Waals surface area contributed by atoms with Crippen LogP contribution >= 0.6 is 0 Å². The predicted molar refractivity (Wildman–Crippen MR) is 84.4 cm³/mol. The van der Waals surface area contributed by atoms with Crippen LogP contribution in [-0.4, -0.2) is 60.1 Å². The second-order valence-corrected chi connectivity index (χ2v) is 7.13. The van der Waals surface area contributed by atoms with Gasteiger partial charge in [0.15, 0.2) is 6.61 Å². The topological polar surface area (TPSA) is 73.5 Å². The van der Waals surface area contributed by atoms with Crippen LogP contribution in [0.25, 0.3) is 11.5 Å². The van der Waals surface area contributed by atoms with Gasteiger partial charge >= 0.3 is 6.18 Å². The molecule has 28 heavy (non-hydrogen) atoms. The first-order chi connectivity index (χ1) is 13.0. The van der Waals surface area contributed by atoms with Gasteiger partial charge in [0.25, 0.3) is 5.92 Å². The molecular weight excluding hydrogens is 391 g/mol.